The molecule has 0 bridgehead atoms. The van der Waals surface area contributed by atoms with Crippen molar-refractivity contribution in [2.24, 2.45) is 0 Å². The van der Waals surface area contributed by atoms with Crippen LogP contribution in [0.3, 0.4) is 0 Å². The summed E-state index contributed by atoms with van der Waals surface area (Å²) in [6, 6.07) is 14.8. The molecule has 1 N–H and O–H groups in total. The summed E-state index contributed by atoms with van der Waals surface area (Å²) in [7, 11) is 0. The van der Waals surface area contributed by atoms with E-state index < -0.39 is 0 Å². The summed E-state index contributed by atoms with van der Waals surface area (Å²) in [6.45, 7) is 1.99. The second-order valence-electron chi connectivity index (χ2n) is 3.71. The third-order valence-electron chi connectivity index (χ3n) is 2.47. The number of phenolic OH excluding ortho intramolecular Hbond substituents is 1. The summed E-state index contributed by atoms with van der Waals surface area (Å²) in [4.78, 5) is 0. The van der Waals surface area contributed by atoms with Crippen molar-refractivity contribution in [3.63, 3.8) is 0 Å². The van der Waals surface area contributed by atoms with Crippen LogP contribution in [0.1, 0.15) is 11.1 Å². The lowest BCUT2D eigenvalue weighted by atomic mass is 9.98. The molecule has 78 valence electrons. The maximum absolute atomic E-state index is 9.22. The van der Waals surface area contributed by atoms with Crippen molar-refractivity contribution in [1.82, 2.24) is 0 Å². The minimum Gasteiger partial charge on any atom is -0.508 e. The Balaban J connectivity index is 2.59. The van der Waals surface area contributed by atoms with Crippen molar-refractivity contribution in [3.05, 3.63) is 53.6 Å². The van der Waals surface area contributed by atoms with Gasteiger partial charge < -0.3 is 5.11 Å². The SMILES string of the molecule is Cc1ccc(C#N)c(-c2ccc(O)cc2)c1. The van der Waals surface area contributed by atoms with E-state index in [-0.39, 0.29) is 5.75 Å². The van der Waals surface area contributed by atoms with Gasteiger partial charge in [0.25, 0.3) is 0 Å². The number of nitriles is 1. The molecule has 2 aromatic rings. The molecule has 0 unspecified atom stereocenters. The van der Waals surface area contributed by atoms with Gasteiger partial charge in [0.1, 0.15) is 5.75 Å². The molecular formula is C14H11NO. The fourth-order valence-electron chi connectivity index (χ4n) is 1.64. The van der Waals surface area contributed by atoms with Crippen LogP contribution in [-0.4, -0.2) is 5.11 Å². The standard InChI is InChI=1S/C14H11NO/c1-10-2-3-12(9-15)14(8-10)11-4-6-13(16)7-5-11/h2-8,16H,1H3. The molecule has 0 spiro atoms. The van der Waals surface area contributed by atoms with Crippen molar-refractivity contribution in [3.8, 4) is 22.9 Å². The van der Waals surface area contributed by atoms with Crippen molar-refractivity contribution in [2.45, 2.75) is 6.92 Å². The number of hydrogen-bond acceptors (Lipinski definition) is 2. The Kier molecular flexibility index (Phi) is 2.61. The Hall–Kier alpha value is -2.27. The molecule has 2 heteroatoms. The highest BCUT2D eigenvalue weighted by Crippen LogP contribution is 2.26. The van der Waals surface area contributed by atoms with Crippen LogP contribution in [0.2, 0.25) is 0 Å². The number of aryl methyl sites for hydroxylation is 1. The molecule has 0 aliphatic rings. The number of aromatic hydroxyl groups is 1. The van der Waals surface area contributed by atoms with E-state index in [9.17, 15) is 5.11 Å². The summed E-state index contributed by atoms with van der Waals surface area (Å²) in [6.07, 6.45) is 0. The molecular weight excluding hydrogens is 198 g/mol. The van der Waals surface area contributed by atoms with E-state index >= 15 is 0 Å². The molecule has 0 aromatic heterocycles. The van der Waals surface area contributed by atoms with Crippen LogP contribution >= 0.6 is 0 Å². The molecule has 2 rings (SSSR count). The molecule has 0 heterocycles. The van der Waals surface area contributed by atoms with Crippen molar-refractivity contribution in [1.29, 1.82) is 5.26 Å². The summed E-state index contributed by atoms with van der Waals surface area (Å²) in [5.41, 5.74) is 3.61. The minimum absolute atomic E-state index is 0.231. The highest BCUT2D eigenvalue weighted by atomic mass is 16.3. The number of rotatable bonds is 1. The molecule has 16 heavy (non-hydrogen) atoms. The van der Waals surface area contributed by atoms with Gasteiger partial charge in [0.2, 0.25) is 0 Å². The van der Waals surface area contributed by atoms with Crippen LogP contribution in [0.5, 0.6) is 5.75 Å². The highest BCUT2D eigenvalue weighted by Gasteiger charge is 2.04. The summed E-state index contributed by atoms with van der Waals surface area (Å²) in [5.74, 6) is 0.231. The average molecular weight is 209 g/mol. The predicted molar refractivity (Wildman–Crippen MR) is 63.0 cm³/mol. The maximum Gasteiger partial charge on any atom is 0.115 e. The first-order chi connectivity index (χ1) is 7.70. The molecule has 0 fully saturated rings. The second kappa shape index (κ2) is 4.08. The third kappa shape index (κ3) is 1.89. The predicted octanol–water partition coefficient (Wildman–Crippen LogP) is 3.24. The minimum atomic E-state index is 0.231. The van der Waals surface area contributed by atoms with Gasteiger partial charge >= 0.3 is 0 Å². The first-order valence-electron chi connectivity index (χ1n) is 5.01. The molecule has 0 aliphatic heterocycles. The van der Waals surface area contributed by atoms with Crippen LogP contribution in [0.25, 0.3) is 11.1 Å². The molecule has 2 nitrogen and oxygen atoms in total. The van der Waals surface area contributed by atoms with Gasteiger partial charge in [-0.3, -0.25) is 0 Å². The van der Waals surface area contributed by atoms with Crippen LogP contribution in [0, 0.1) is 18.3 Å². The fourth-order valence-corrected chi connectivity index (χ4v) is 1.64. The zero-order chi connectivity index (χ0) is 11.5. The van der Waals surface area contributed by atoms with E-state index in [1.54, 1.807) is 12.1 Å². The van der Waals surface area contributed by atoms with E-state index in [0.717, 1.165) is 16.7 Å². The monoisotopic (exact) mass is 209 g/mol. The van der Waals surface area contributed by atoms with Crippen molar-refractivity contribution >= 4 is 0 Å². The molecule has 0 aliphatic carbocycles. The number of nitrogens with zero attached hydrogens (tertiary/aromatic N) is 1. The lowest BCUT2D eigenvalue weighted by Gasteiger charge is -2.05. The Morgan fingerprint density at radius 2 is 1.75 bits per heavy atom. The molecule has 0 saturated heterocycles. The molecule has 0 amide bonds. The molecule has 2 aromatic carbocycles. The van der Waals surface area contributed by atoms with Gasteiger partial charge in [-0.25, -0.2) is 0 Å². The van der Waals surface area contributed by atoms with Gasteiger partial charge in [0, 0.05) is 0 Å². The van der Waals surface area contributed by atoms with Gasteiger partial charge in [-0.05, 0) is 36.2 Å². The molecule has 0 saturated carbocycles. The first-order valence-corrected chi connectivity index (χ1v) is 5.01. The Labute approximate surface area is 94.4 Å². The number of benzene rings is 2. The van der Waals surface area contributed by atoms with Crippen LogP contribution in [0.15, 0.2) is 42.5 Å². The topological polar surface area (TPSA) is 44.0 Å². The Morgan fingerprint density at radius 1 is 1.06 bits per heavy atom. The van der Waals surface area contributed by atoms with E-state index in [0.29, 0.717) is 5.56 Å². The molecule has 0 atom stereocenters. The first kappa shape index (κ1) is 10.3. The summed E-state index contributed by atoms with van der Waals surface area (Å²) < 4.78 is 0. The lowest BCUT2D eigenvalue weighted by Crippen LogP contribution is -1.85. The van der Waals surface area contributed by atoms with Gasteiger partial charge in [0.15, 0.2) is 0 Å². The fraction of sp³-hybridized carbons (Fsp3) is 0.0714. The van der Waals surface area contributed by atoms with Gasteiger partial charge in [-0.2, -0.15) is 5.26 Å². The van der Waals surface area contributed by atoms with Crippen LogP contribution in [-0.2, 0) is 0 Å². The largest absolute Gasteiger partial charge is 0.508 e. The summed E-state index contributed by atoms with van der Waals surface area (Å²) >= 11 is 0. The third-order valence-corrected chi connectivity index (χ3v) is 2.47. The second-order valence-corrected chi connectivity index (χ2v) is 3.71. The average Bonchev–Trinajstić information content (AvgIpc) is 2.30. The van der Waals surface area contributed by atoms with Gasteiger partial charge in [0.05, 0.1) is 11.6 Å². The van der Waals surface area contributed by atoms with Crippen molar-refractivity contribution in [2.75, 3.05) is 0 Å². The summed E-state index contributed by atoms with van der Waals surface area (Å²) in [5, 5.41) is 18.2. The normalized spacial score (nSPS) is 9.75. The Morgan fingerprint density at radius 3 is 2.38 bits per heavy atom. The van der Waals surface area contributed by atoms with Gasteiger partial charge in [-0.1, -0.05) is 29.8 Å². The van der Waals surface area contributed by atoms with Crippen LogP contribution in [0.4, 0.5) is 0 Å². The Bertz CT molecular complexity index is 550. The van der Waals surface area contributed by atoms with E-state index in [2.05, 4.69) is 6.07 Å². The van der Waals surface area contributed by atoms with E-state index in [1.807, 2.05) is 37.3 Å². The maximum atomic E-state index is 9.22. The van der Waals surface area contributed by atoms with E-state index in [1.165, 1.54) is 0 Å². The zero-order valence-corrected chi connectivity index (χ0v) is 8.94. The van der Waals surface area contributed by atoms with Crippen molar-refractivity contribution < 1.29 is 5.11 Å². The number of phenols is 1. The lowest BCUT2D eigenvalue weighted by molar-refractivity contribution is 0.475. The highest BCUT2D eigenvalue weighted by molar-refractivity contribution is 5.71. The smallest absolute Gasteiger partial charge is 0.115 e. The van der Waals surface area contributed by atoms with Crippen LogP contribution < -0.4 is 0 Å². The molecule has 0 radical (unpaired) electrons. The van der Waals surface area contributed by atoms with E-state index in [4.69, 9.17) is 5.26 Å². The van der Waals surface area contributed by atoms with Gasteiger partial charge in [-0.15, -0.1) is 0 Å². The zero-order valence-electron chi connectivity index (χ0n) is 8.94. The number of hydrogen-bond donors (Lipinski definition) is 1. The quantitative estimate of drug-likeness (QED) is 0.783.